The summed E-state index contributed by atoms with van der Waals surface area (Å²) in [5.74, 6) is -1.54. The van der Waals surface area contributed by atoms with Gasteiger partial charge in [0.1, 0.15) is 18.7 Å². The number of carboxylic acids is 1. The van der Waals surface area contributed by atoms with Crippen LogP contribution in [0.15, 0.2) is 48.5 Å². The molecule has 2 aliphatic rings. The molecule has 4 rings (SSSR count). The van der Waals surface area contributed by atoms with E-state index in [0.717, 1.165) is 22.3 Å². The number of aliphatic carboxylic acids is 1. The zero-order valence-corrected chi connectivity index (χ0v) is 20.7. The summed E-state index contributed by atoms with van der Waals surface area (Å²) in [5.41, 5.74) is 3.92. The predicted octanol–water partition coefficient (Wildman–Crippen LogP) is 3.17. The number of hydrogen-bond donors (Lipinski definition) is 2. The van der Waals surface area contributed by atoms with E-state index in [1.807, 2.05) is 50.2 Å². The minimum atomic E-state index is -1.04. The third-order valence-electron chi connectivity index (χ3n) is 7.05. The number of carboxylic acid groups (broad SMARTS) is 1. The van der Waals surface area contributed by atoms with Crippen LogP contribution in [0.4, 0.5) is 4.79 Å². The van der Waals surface area contributed by atoms with Crippen molar-refractivity contribution in [3.63, 3.8) is 0 Å². The second-order valence-corrected chi connectivity index (χ2v) is 10.3. The number of nitrogens with zero attached hydrogens (tertiary/aromatic N) is 2. The Bertz CT molecular complexity index is 1080. The molecule has 1 aliphatic heterocycles. The van der Waals surface area contributed by atoms with Crippen LogP contribution in [0.5, 0.6) is 0 Å². The second-order valence-electron chi connectivity index (χ2n) is 10.3. The SMILES string of the molecule is CN(C)CC(NC(=O)OCC1c2ccccc2-c2ccccc21)C(=O)N1CCC(C)(C)C1C(=O)O. The summed E-state index contributed by atoms with van der Waals surface area (Å²) in [6.45, 7) is 4.39. The lowest BCUT2D eigenvalue weighted by atomic mass is 9.85. The summed E-state index contributed by atoms with van der Waals surface area (Å²) in [6.07, 6.45) is -0.118. The van der Waals surface area contributed by atoms with Crippen molar-refractivity contribution in [1.82, 2.24) is 15.1 Å². The highest BCUT2D eigenvalue weighted by molar-refractivity contribution is 5.90. The third-order valence-corrected chi connectivity index (χ3v) is 7.05. The molecular weight excluding hydrogens is 446 g/mol. The van der Waals surface area contributed by atoms with E-state index in [1.165, 1.54) is 4.90 Å². The summed E-state index contributed by atoms with van der Waals surface area (Å²) in [5, 5.41) is 12.5. The number of rotatable bonds is 7. The van der Waals surface area contributed by atoms with Crippen molar-refractivity contribution in [3.05, 3.63) is 59.7 Å². The normalized spacial score (nSPS) is 19.2. The molecule has 2 N–H and O–H groups in total. The molecule has 2 aromatic rings. The summed E-state index contributed by atoms with van der Waals surface area (Å²) >= 11 is 0. The van der Waals surface area contributed by atoms with Gasteiger partial charge in [-0.3, -0.25) is 4.79 Å². The van der Waals surface area contributed by atoms with Crippen molar-refractivity contribution in [3.8, 4) is 11.1 Å². The molecule has 8 nitrogen and oxygen atoms in total. The number of hydrogen-bond acceptors (Lipinski definition) is 5. The molecule has 2 atom stereocenters. The van der Waals surface area contributed by atoms with Crippen LogP contribution in [0, 0.1) is 5.41 Å². The Morgan fingerprint density at radius 1 is 1.09 bits per heavy atom. The zero-order valence-electron chi connectivity index (χ0n) is 20.7. The summed E-state index contributed by atoms with van der Waals surface area (Å²) < 4.78 is 5.62. The Labute approximate surface area is 205 Å². The fourth-order valence-corrected chi connectivity index (χ4v) is 5.33. The Morgan fingerprint density at radius 3 is 2.20 bits per heavy atom. The van der Waals surface area contributed by atoms with E-state index in [2.05, 4.69) is 17.4 Å². The Kier molecular flexibility index (Phi) is 6.85. The highest BCUT2D eigenvalue weighted by Crippen LogP contribution is 2.44. The van der Waals surface area contributed by atoms with Crippen molar-refractivity contribution >= 4 is 18.0 Å². The molecule has 1 fully saturated rings. The van der Waals surface area contributed by atoms with Crippen LogP contribution in [0.2, 0.25) is 0 Å². The highest BCUT2D eigenvalue weighted by atomic mass is 16.5. The van der Waals surface area contributed by atoms with Gasteiger partial charge in [0.2, 0.25) is 5.91 Å². The van der Waals surface area contributed by atoms with Crippen LogP contribution < -0.4 is 5.32 Å². The van der Waals surface area contributed by atoms with E-state index in [0.29, 0.717) is 13.0 Å². The highest BCUT2D eigenvalue weighted by Gasteiger charge is 2.48. The molecule has 2 unspecified atom stereocenters. The van der Waals surface area contributed by atoms with Crippen molar-refractivity contribution in [2.75, 3.05) is 33.8 Å². The Hall–Kier alpha value is -3.39. The number of likely N-dealkylation sites (N-methyl/N-ethyl adjacent to an activating group) is 1. The lowest BCUT2D eigenvalue weighted by Crippen LogP contribution is -2.56. The average molecular weight is 480 g/mol. The molecule has 0 aromatic heterocycles. The smallest absolute Gasteiger partial charge is 0.407 e. The lowest BCUT2D eigenvalue weighted by molar-refractivity contribution is -0.152. The molecule has 2 aromatic carbocycles. The maximum atomic E-state index is 13.4. The van der Waals surface area contributed by atoms with Gasteiger partial charge < -0.3 is 25.0 Å². The van der Waals surface area contributed by atoms with Gasteiger partial charge in [0, 0.05) is 19.0 Å². The molecule has 1 heterocycles. The second kappa shape index (κ2) is 9.70. The number of ether oxygens (including phenoxy) is 1. The van der Waals surface area contributed by atoms with Crippen molar-refractivity contribution in [2.45, 2.75) is 38.3 Å². The molecule has 0 bridgehead atoms. The van der Waals surface area contributed by atoms with Crippen LogP contribution in [-0.4, -0.2) is 78.8 Å². The van der Waals surface area contributed by atoms with Gasteiger partial charge in [-0.15, -0.1) is 0 Å². The van der Waals surface area contributed by atoms with Crippen LogP contribution in [0.1, 0.15) is 37.3 Å². The standard InChI is InChI=1S/C27H33N3O5/c1-27(2)13-14-30(23(27)25(32)33)24(31)22(15-29(3)4)28-26(34)35-16-21-19-11-7-5-9-17(19)18-10-6-8-12-20(18)21/h5-12,21-23H,13-16H2,1-4H3,(H,28,34)(H,32,33). The van der Waals surface area contributed by atoms with Gasteiger partial charge in [0.05, 0.1) is 0 Å². The summed E-state index contributed by atoms with van der Waals surface area (Å²) in [6, 6.07) is 14.3. The molecule has 186 valence electrons. The first-order valence-corrected chi connectivity index (χ1v) is 11.9. The van der Waals surface area contributed by atoms with E-state index in [-0.39, 0.29) is 19.1 Å². The number of alkyl carbamates (subject to hydrolysis) is 1. The minimum absolute atomic E-state index is 0.0908. The fraction of sp³-hybridized carbons (Fsp3) is 0.444. The molecular formula is C27H33N3O5. The topological polar surface area (TPSA) is 99.2 Å². The van der Waals surface area contributed by atoms with Crippen LogP contribution in [0.3, 0.4) is 0 Å². The number of carbonyl (C=O) groups is 3. The quantitative estimate of drug-likeness (QED) is 0.633. The molecule has 0 saturated carbocycles. The number of likely N-dealkylation sites (tertiary alicyclic amines) is 1. The number of amides is 2. The molecule has 0 spiro atoms. The van der Waals surface area contributed by atoms with Gasteiger partial charge in [-0.1, -0.05) is 62.4 Å². The maximum Gasteiger partial charge on any atom is 0.407 e. The zero-order chi connectivity index (χ0) is 25.3. The number of carbonyl (C=O) groups excluding carboxylic acids is 2. The molecule has 1 aliphatic carbocycles. The van der Waals surface area contributed by atoms with E-state index in [9.17, 15) is 19.5 Å². The molecule has 1 saturated heterocycles. The lowest BCUT2D eigenvalue weighted by Gasteiger charge is -2.32. The fourth-order valence-electron chi connectivity index (χ4n) is 5.33. The van der Waals surface area contributed by atoms with Crippen LogP contribution in [0.25, 0.3) is 11.1 Å². The van der Waals surface area contributed by atoms with Gasteiger partial charge in [-0.05, 0) is 48.2 Å². The first kappa shape index (κ1) is 24.7. The van der Waals surface area contributed by atoms with Crippen molar-refractivity contribution in [2.24, 2.45) is 5.41 Å². The van der Waals surface area contributed by atoms with Crippen molar-refractivity contribution < 1.29 is 24.2 Å². The number of fused-ring (bicyclic) bond motifs is 3. The van der Waals surface area contributed by atoms with Gasteiger partial charge in [0.15, 0.2) is 0 Å². The molecule has 0 radical (unpaired) electrons. The molecule has 8 heteroatoms. The van der Waals surface area contributed by atoms with E-state index in [1.54, 1.807) is 19.0 Å². The van der Waals surface area contributed by atoms with Gasteiger partial charge in [-0.2, -0.15) is 0 Å². The van der Waals surface area contributed by atoms with E-state index >= 15 is 0 Å². The van der Waals surface area contributed by atoms with Crippen molar-refractivity contribution in [1.29, 1.82) is 0 Å². The van der Waals surface area contributed by atoms with Gasteiger partial charge in [-0.25, -0.2) is 9.59 Å². The van der Waals surface area contributed by atoms with Crippen LogP contribution >= 0.6 is 0 Å². The van der Waals surface area contributed by atoms with Crippen LogP contribution in [-0.2, 0) is 14.3 Å². The van der Waals surface area contributed by atoms with Gasteiger partial charge >= 0.3 is 12.1 Å². The number of nitrogens with one attached hydrogen (secondary N) is 1. The third kappa shape index (κ3) is 4.89. The van der Waals surface area contributed by atoms with E-state index in [4.69, 9.17) is 4.74 Å². The Morgan fingerprint density at radius 2 is 1.66 bits per heavy atom. The maximum absolute atomic E-state index is 13.4. The largest absolute Gasteiger partial charge is 0.480 e. The Balaban J connectivity index is 1.46. The first-order valence-electron chi connectivity index (χ1n) is 11.9. The number of benzene rings is 2. The van der Waals surface area contributed by atoms with E-state index < -0.39 is 35.5 Å². The summed E-state index contributed by atoms with van der Waals surface area (Å²) in [4.78, 5) is 41.3. The monoisotopic (exact) mass is 479 g/mol. The van der Waals surface area contributed by atoms with Gasteiger partial charge in [0.25, 0.3) is 0 Å². The summed E-state index contributed by atoms with van der Waals surface area (Å²) in [7, 11) is 3.59. The minimum Gasteiger partial charge on any atom is -0.480 e. The molecule has 35 heavy (non-hydrogen) atoms. The first-order chi connectivity index (χ1) is 16.6. The predicted molar refractivity (Wildman–Crippen MR) is 132 cm³/mol. The molecule has 2 amide bonds. The average Bonchev–Trinajstić information content (AvgIpc) is 3.30.